The molecule has 0 radical (unpaired) electrons. The summed E-state index contributed by atoms with van der Waals surface area (Å²) in [4.78, 5) is 14.8. The number of hydrogen-bond acceptors (Lipinski definition) is 3. The van der Waals surface area contributed by atoms with Crippen LogP contribution in [0.2, 0.25) is 0 Å². The summed E-state index contributed by atoms with van der Waals surface area (Å²) in [5.74, 6) is 0.269. The van der Waals surface area contributed by atoms with Crippen molar-refractivity contribution in [3.05, 3.63) is 0 Å². The Kier molecular flexibility index (Phi) is 4.28. The van der Waals surface area contributed by atoms with Gasteiger partial charge in [-0.25, -0.2) is 0 Å². The van der Waals surface area contributed by atoms with E-state index in [1.807, 2.05) is 11.8 Å². The third-order valence-corrected chi connectivity index (χ3v) is 4.51. The lowest BCUT2D eigenvalue weighted by atomic mass is 9.91. The zero-order valence-electron chi connectivity index (χ0n) is 11.6. The molecule has 2 saturated heterocycles. The average molecular weight is 254 g/mol. The van der Waals surface area contributed by atoms with Crippen LogP contribution in [0.4, 0.5) is 0 Å². The van der Waals surface area contributed by atoms with Gasteiger partial charge in [-0.2, -0.15) is 0 Å². The zero-order chi connectivity index (χ0) is 13.2. The second-order valence-corrected chi connectivity index (χ2v) is 5.85. The highest BCUT2D eigenvalue weighted by molar-refractivity contribution is 5.87. The minimum Gasteiger partial charge on any atom is -0.393 e. The van der Waals surface area contributed by atoms with E-state index in [0.717, 1.165) is 45.2 Å². The summed E-state index contributed by atoms with van der Waals surface area (Å²) in [6.07, 6.45) is 5.42. The van der Waals surface area contributed by atoms with Crippen LogP contribution in [0.15, 0.2) is 0 Å². The number of amides is 1. The minimum atomic E-state index is -0.322. The average Bonchev–Trinajstić information content (AvgIpc) is 2.96. The Hall–Kier alpha value is -0.610. The van der Waals surface area contributed by atoms with Crippen molar-refractivity contribution in [1.82, 2.24) is 10.2 Å². The Balaban J connectivity index is 2.07. The molecule has 0 aliphatic carbocycles. The molecule has 0 saturated carbocycles. The summed E-state index contributed by atoms with van der Waals surface area (Å²) in [5.41, 5.74) is -0.318. The molecule has 0 aromatic heterocycles. The summed E-state index contributed by atoms with van der Waals surface area (Å²) < 4.78 is 0. The molecular weight excluding hydrogens is 228 g/mol. The third-order valence-electron chi connectivity index (χ3n) is 4.51. The maximum atomic E-state index is 12.8. The van der Waals surface area contributed by atoms with Crippen LogP contribution in [-0.4, -0.2) is 46.7 Å². The number of carbonyl (C=O) groups excluding carboxylic acids is 1. The number of nitrogens with zero attached hydrogens (tertiary/aromatic N) is 1. The first-order chi connectivity index (χ1) is 8.59. The van der Waals surface area contributed by atoms with Gasteiger partial charge < -0.3 is 15.3 Å². The summed E-state index contributed by atoms with van der Waals surface area (Å²) in [5, 5.41) is 13.0. The number of rotatable bonds is 4. The maximum Gasteiger partial charge on any atom is 0.243 e. The Morgan fingerprint density at radius 1 is 1.56 bits per heavy atom. The van der Waals surface area contributed by atoms with Crippen LogP contribution in [0.3, 0.4) is 0 Å². The fourth-order valence-electron chi connectivity index (χ4n) is 3.46. The van der Waals surface area contributed by atoms with E-state index in [4.69, 9.17) is 0 Å². The van der Waals surface area contributed by atoms with Gasteiger partial charge in [-0.1, -0.05) is 6.92 Å². The number of carbonyl (C=O) groups is 1. The van der Waals surface area contributed by atoms with Crippen LogP contribution in [0, 0.1) is 0 Å². The van der Waals surface area contributed by atoms with Gasteiger partial charge >= 0.3 is 0 Å². The fraction of sp³-hybridized carbons (Fsp3) is 0.929. The predicted molar refractivity (Wildman–Crippen MR) is 71.3 cm³/mol. The Morgan fingerprint density at radius 2 is 2.33 bits per heavy atom. The van der Waals surface area contributed by atoms with Crippen LogP contribution >= 0.6 is 0 Å². The summed E-state index contributed by atoms with van der Waals surface area (Å²) in [6, 6.07) is 0.239. The second-order valence-electron chi connectivity index (χ2n) is 5.85. The van der Waals surface area contributed by atoms with Gasteiger partial charge in [0.2, 0.25) is 5.91 Å². The largest absolute Gasteiger partial charge is 0.393 e. The van der Waals surface area contributed by atoms with E-state index in [1.165, 1.54) is 0 Å². The van der Waals surface area contributed by atoms with E-state index in [9.17, 15) is 9.90 Å². The summed E-state index contributed by atoms with van der Waals surface area (Å²) in [6.45, 7) is 5.72. The number of nitrogens with one attached hydrogen (secondary N) is 1. The van der Waals surface area contributed by atoms with Crippen LogP contribution in [-0.2, 0) is 4.79 Å². The van der Waals surface area contributed by atoms with Crippen molar-refractivity contribution in [2.75, 3.05) is 13.1 Å². The highest BCUT2D eigenvalue weighted by Gasteiger charge is 2.44. The second kappa shape index (κ2) is 5.57. The molecule has 0 spiro atoms. The lowest BCUT2D eigenvalue weighted by Crippen LogP contribution is -2.56. The molecule has 2 aliphatic rings. The molecule has 1 amide bonds. The SMILES string of the molecule is CCC1(C(=O)N2CCCC2CC(C)O)CCCN1. The van der Waals surface area contributed by atoms with Gasteiger partial charge in [-0.05, 0) is 52.0 Å². The molecule has 2 rings (SSSR count). The number of aliphatic hydroxyl groups is 1. The van der Waals surface area contributed by atoms with Gasteiger partial charge in [0.15, 0.2) is 0 Å². The van der Waals surface area contributed by atoms with Crippen molar-refractivity contribution >= 4 is 5.91 Å². The normalized spacial score (nSPS) is 33.9. The molecular formula is C14H26N2O2. The molecule has 3 atom stereocenters. The molecule has 18 heavy (non-hydrogen) atoms. The van der Waals surface area contributed by atoms with Gasteiger partial charge in [0.1, 0.15) is 0 Å². The van der Waals surface area contributed by atoms with Gasteiger partial charge in [-0.15, -0.1) is 0 Å². The Morgan fingerprint density at radius 3 is 2.89 bits per heavy atom. The van der Waals surface area contributed by atoms with Crippen LogP contribution in [0.5, 0.6) is 0 Å². The van der Waals surface area contributed by atoms with Crippen molar-refractivity contribution in [3.8, 4) is 0 Å². The quantitative estimate of drug-likeness (QED) is 0.794. The molecule has 2 aliphatic heterocycles. The van der Waals surface area contributed by atoms with Crippen molar-refractivity contribution in [2.24, 2.45) is 0 Å². The van der Waals surface area contributed by atoms with Crippen molar-refractivity contribution in [2.45, 2.75) is 70.1 Å². The zero-order valence-corrected chi connectivity index (χ0v) is 11.6. The summed E-state index contributed by atoms with van der Waals surface area (Å²) >= 11 is 0. The molecule has 3 unspecified atom stereocenters. The van der Waals surface area contributed by atoms with E-state index in [0.29, 0.717) is 6.42 Å². The summed E-state index contributed by atoms with van der Waals surface area (Å²) in [7, 11) is 0. The Labute approximate surface area is 110 Å². The van der Waals surface area contributed by atoms with Gasteiger partial charge in [0, 0.05) is 12.6 Å². The van der Waals surface area contributed by atoms with Crippen molar-refractivity contribution in [3.63, 3.8) is 0 Å². The van der Waals surface area contributed by atoms with E-state index >= 15 is 0 Å². The lowest BCUT2D eigenvalue weighted by molar-refractivity contribution is -0.139. The number of aliphatic hydroxyl groups excluding tert-OH is 1. The molecule has 4 nitrogen and oxygen atoms in total. The molecule has 0 aromatic rings. The molecule has 2 N–H and O–H groups in total. The van der Waals surface area contributed by atoms with E-state index in [1.54, 1.807) is 0 Å². The van der Waals surface area contributed by atoms with Crippen LogP contribution in [0.1, 0.15) is 52.4 Å². The van der Waals surface area contributed by atoms with Crippen LogP contribution < -0.4 is 5.32 Å². The number of hydrogen-bond donors (Lipinski definition) is 2. The van der Waals surface area contributed by atoms with E-state index in [2.05, 4.69) is 12.2 Å². The van der Waals surface area contributed by atoms with Gasteiger partial charge in [0.25, 0.3) is 0 Å². The van der Waals surface area contributed by atoms with E-state index < -0.39 is 0 Å². The monoisotopic (exact) mass is 254 g/mol. The van der Waals surface area contributed by atoms with Crippen molar-refractivity contribution < 1.29 is 9.90 Å². The Bertz CT molecular complexity index is 298. The lowest BCUT2D eigenvalue weighted by Gasteiger charge is -2.35. The standard InChI is InChI=1S/C14H26N2O2/c1-3-14(7-5-8-15-14)13(18)16-9-4-6-12(16)10-11(2)17/h11-12,15,17H,3-10H2,1-2H3. The molecule has 0 aromatic carbocycles. The first kappa shape index (κ1) is 13.8. The number of likely N-dealkylation sites (tertiary alicyclic amines) is 1. The maximum absolute atomic E-state index is 12.8. The first-order valence-electron chi connectivity index (χ1n) is 7.33. The molecule has 2 heterocycles. The van der Waals surface area contributed by atoms with Crippen LogP contribution in [0.25, 0.3) is 0 Å². The first-order valence-corrected chi connectivity index (χ1v) is 7.33. The van der Waals surface area contributed by atoms with E-state index in [-0.39, 0.29) is 23.6 Å². The van der Waals surface area contributed by atoms with Crippen molar-refractivity contribution in [1.29, 1.82) is 0 Å². The molecule has 104 valence electrons. The third kappa shape index (κ3) is 2.54. The topological polar surface area (TPSA) is 52.6 Å². The smallest absolute Gasteiger partial charge is 0.243 e. The predicted octanol–water partition coefficient (Wildman–Crippen LogP) is 1.28. The minimum absolute atomic E-state index is 0.239. The molecule has 0 bridgehead atoms. The molecule has 4 heteroatoms. The van der Waals surface area contributed by atoms with Gasteiger partial charge in [-0.3, -0.25) is 4.79 Å². The fourth-order valence-corrected chi connectivity index (χ4v) is 3.46. The molecule has 2 fully saturated rings. The highest BCUT2D eigenvalue weighted by Crippen LogP contribution is 2.30. The van der Waals surface area contributed by atoms with Gasteiger partial charge in [0.05, 0.1) is 11.6 Å². The highest BCUT2D eigenvalue weighted by atomic mass is 16.3.